The highest BCUT2D eigenvalue weighted by atomic mass is 16.5. The van der Waals surface area contributed by atoms with E-state index < -0.39 is 0 Å². The van der Waals surface area contributed by atoms with Crippen molar-refractivity contribution < 1.29 is 14.2 Å². The average molecular weight is 300 g/mol. The number of nitrogens with zero attached hydrogens (tertiary/aromatic N) is 1. The minimum Gasteiger partial charge on any atom is -0.496 e. The molecule has 0 bridgehead atoms. The van der Waals surface area contributed by atoms with Gasteiger partial charge in [0.25, 0.3) is 0 Å². The molecule has 2 aromatic carbocycles. The molecule has 0 radical (unpaired) electrons. The molecule has 0 aliphatic heterocycles. The van der Waals surface area contributed by atoms with Gasteiger partial charge in [0.2, 0.25) is 0 Å². The SMILES string of the molecule is COc1ccccc1CN/N=C\c1cccc(OC)c1OC. The molecule has 0 heterocycles. The largest absolute Gasteiger partial charge is 0.496 e. The monoisotopic (exact) mass is 300 g/mol. The summed E-state index contributed by atoms with van der Waals surface area (Å²) in [5, 5.41) is 4.23. The lowest BCUT2D eigenvalue weighted by Crippen LogP contribution is -2.07. The van der Waals surface area contributed by atoms with Crippen molar-refractivity contribution in [3.63, 3.8) is 0 Å². The summed E-state index contributed by atoms with van der Waals surface area (Å²) >= 11 is 0. The van der Waals surface area contributed by atoms with Crippen LogP contribution in [-0.2, 0) is 6.54 Å². The van der Waals surface area contributed by atoms with Gasteiger partial charge in [0.1, 0.15) is 5.75 Å². The molecule has 0 amide bonds. The van der Waals surface area contributed by atoms with Crippen LogP contribution in [0.25, 0.3) is 0 Å². The first-order valence-corrected chi connectivity index (χ1v) is 6.89. The van der Waals surface area contributed by atoms with Crippen molar-refractivity contribution in [1.29, 1.82) is 0 Å². The highest BCUT2D eigenvalue weighted by molar-refractivity contribution is 5.84. The Morgan fingerprint density at radius 3 is 2.36 bits per heavy atom. The molecule has 0 fully saturated rings. The average Bonchev–Trinajstić information content (AvgIpc) is 2.58. The number of methoxy groups -OCH3 is 3. The van der Waals surface area contributed by atoms with Gasteiger partial charge < -0.3 is 19.6 Å². The Bertz CT molecular complexity index is 642. The minimum atomic E-state index is 0.576. The lowest BCUT2D eigenvalue weighted by molar-refractivity contribution is 0.354. The first-order valence-electron chi connectivity index (χ1n) is 6.89. The van der Waals surface area contributed by atoms with Crippen molar-refractivity contribution in [2.75, 3.05) is 21.3 Å². The predicted molar refractivity (Wildman–Crippen MR) is 87.0 cm³/mol. The summed E-state index contributed by atoms with van der Waals surface area (Å²) in [5.74, 6) is 2.17. The molecule has 2 rings (SSSR count). The van der Waals surface area contributed by atoms with E-state index in [2.05, 4.69) is 10.5 Å². The molecular weight excluding hydrogens is 280 g/mol. The number of ether oxygens (including phenoxy) is 3. The van der Waals surface area contributed by atoms with Gasteiger partial charge in [-0.2, -0.15) is 5.10 Å². The maximum Gasteiger partial charge on any atom is 0.169 e. The van der Waals surface area contributed by atoms with Crippen LogP contribution in [0.5, 0.6) is 17.2 Å². The summed E-state index contributed by atoms with van der Waals surface area (Å²) in [6.45, 7) is 0.576. The molecule has 0 aliphatic carbocycles. The van der Waals surface area contributed by atoms with E-state index in [1.807, 2.05) is 42.5 Å². The molecule has 0 atom stereocenters. The number of nitrogens with one attached hydrogen (secondary N) is 1. The number of para-hydroxylation sites is 2. The maximum atomic E-state index is 5.36. The van der Waals surface area contributed by atoms with Crippen LogP contribution in [0.3, 0.4) is 0 Å². The number of benzene rings is 2. The predicted octanol–water partition coefficient (Wildman–Crippen LogP) is 2.84. The fraction of sp³-hybridized carbons (Fsp3) is 0.235. The van der Waals surface area contributed by atoms with Gasteiger partial charge in [-0.3, -0.25) is 0 Å². The van der Waals surface area contributed by atoms with Crippen LogP contribution in [0.1, 0.15) is 11.1 Å². The Morgan fingerprint density at radius 2 is 1.64 bits per heavy atom. The fourth-order valence-corrected chi connectivity index (χ4v) is 2.11. The van der Waals surface area contributed by atoms with Crippen LogP contribution in [0.4, 0.5) is 0 Å². The molecule has 22 heavy (non-hydrogen) atoms. The molecule has 0 saturated heterocycles. The van der Waals surface area contributed by atoms with Gasteiger partial charge >= 0.3 is 0 Å². The first kappa shape index (κ1) is 15.7. The molecule has 0 saturated carbocycles. The van der Waals surface area contributed by atoms with E-state index in [0.717, 1.165) is 16.9 Å². The number of hydrazone groups is 1. The molecule has 0 spiro atoms. The van der Waals surface area contributed by atoms with E-state index in [4.69, 9.17) is 14.2 Å². The lowest BCUT2D eigenvalue weighted by Gasteiger charge is -2.10. The second kappa shape index (κ2) is 7.93. The molecule has 2 aromatic rings. The zero-order chi connectivity index (χ0) is 15.8. The molecular formula is C17H20N2O3. The van der Waals surface area contributed by atoms with Crippen LogP contribution in [0, 0.1) is 0 Å². The smallest absolute Gasteiger partial charge is 0.169 e. The van der Waals surface area contributed by atoms with Crippen molar-refractivity contribution in [2.45, 2.75) is 6.54 Å². The molecule has 1 N–H and O–H groups in total. The van der Waals surface area contributed by atoms with Crippen molar-refractivity contribution in [3.05, 3.63) is 53.6 Å². The van der Waals surface area contributed by atoms with E-state index in [0.29, 0.717) is 18.0 Å². The van der Waals surface area contributed by atoms with E-state index >= 15 is 0 Å². The Morgan fingerprint density at radius 1 is 0.909 bits per heavy atom. The second-order valence-corrected chi connectivity index (χ2v) is 4.49. The van der Waals surface area contributed by atoms with E-state index in [9.17, 15) is 0 Å². The highest BCUT2D eigenvalue weighted by Crippen LogP contribution is 2.29. The number of hydrogen-bond donors (Lipinski definition) is 1. The topological polar surface area (TPSA) is 52.1 Å². The van der Waals surface area contributed by atoms with E-state index in [1.165, 1.54) is 0 Å². The summed E-state index contributed by atoms with van der Waals surface area (Å²) in [4.78, 5) is 0. The Labute approximate surface area is 130 Å². The van der Waals surface area contributed by atoms with Gasteiger partial charge in [0.15, 0.2) is 11.5 Å². The maximum absolute atomic E-state index is 5.36. The lowest BCUT2D eigenvalue weighted by atomic mass is 10.2. The highest BCUT2D eigenvalue weighted by Gasteiger charge is 2.07. The van der Waals surface area contributed by atoms with Crippen molar-refractivity contribution in [1.82, 2.24) is 5.43 Å². The number of hydrogen-bond acceptors (Lipinski definition) is 5. The van der Waals surface area contributed by atoms with Gasteiger partial charge in [-0.15, -0.1) is 0 Å². The van der Waals surface area contributed by atoms with Gasteiger partial charge in [0, 0.05) is 11.1 Å². The Kier molecular flexibility index (Phi) is 5.65. The zero-order valence-electron chi connectivity index (χ0n) is 13.0. The van der Waals surface area contributed by atoms with Crippen molar-refractivity contribution in [3.8, 4) is 17.2 Å². The minimum absolute atomic E-state index is 0.576. The van der Waals surface area contributed by atoms with Gasteiger partial charge in [-0.05, 0) is 18.2 Å². The third kappa shape index (κ3) is 3.69. The van der Waals surface area contributed by atoms with Crippen LogP contribution in [-0.4, -0.2) is 27.5 Å². The van der Waals surface area contributed by atoms with E-state index in [1.54, 1.807) is 27.5 Å². The van der Waals surface area contributed by atoms with Gasteiger partial charge in [0.05, 0.1) is 34.1 Å². The zero-order valence-corrected chi connectivity index (χ0v) is 13.0. The number of rotatable bonds is 7. The summed E-state index contributed by atoms with van der Waals surface area (Å²) < 4.78 is 15.9. The first-order chi connectivity index (χ1) is 10.8. The van der Waals surface area contributed by atoms with Crippen LogP contribution in [0.2, 0.25) is 0 Å². The molecule has 0 unspecified atom stereocenters. The second-order valence-electron chi connectivity index (χ2n) is 4.49. The van der Waals surface area contributed by atoms with Crippen LogP contribution >= 0.6 is 0 Å². The van der Waals surface area contributed by atoms with Crippen LogP contribution < -0.4 is 19.6 Å². The van der Waals surface area contributed by atoms with Crippen molar-refractivity contribution >= 4 is 6.21 Å². The summed E-state index contributed by atoms with van der Waals surface area (Å²) in [5.41, 5.74) is 4.89. The summed E-state index contributed by atoms with van der Waals surface area (Å²) in [6.07, 6.45) is 1.71. The standard InChI is InChI=1S/C17H20N2O3/c1-20-15-9-5-4-7-13(15)11-18-19-12-14-8-6-10-16(21-2)17(14)22-3/h4-10,12,18H,11H2,1-3H3/b19-12-. The Hall–Kier alpha value is -2.69. The molecule has 0 aromatic heterocycles. The van der Waals surface area contributed by atoms with E-state index in [-0.39, 0.29) is 0 Å². The quantitative estimate of drug-likeness (QED) is 0.631. The third-order valence-electron chi connectivity index (χ3n) is 3.19. The Balaban J connectivity index is 2.04. The molecule has 5 heteroatoms. The third-order valence-corrected chi connectivity index (χ3v) is 3.19. The summed E-state index contributed by atoms with van der Waals surface area (Å²) in [7, 11) is 4.87. The van der Waals surface area contributed by atoms with Gasteiger partial charge in [-0.25, -0.2) is 0 Å². The van der Waals surface area contributed by atoms with Crippen molar-refractivity contribution in [2.24, 2.45) is 5.10 Å². The molecule has 0 aliphatic rings. The fourth-order valence-electron chi connectivity index (χ4n) is 2.11. The normalized spacial score (nSPS) is 10.5. The van der Waals surface area contributed by atoms with Gasteiger partial charge in [-0.1, -0.05) is 24.3 Å². The van der Waals surface area contributed by atoms with Crippen LogP contribution in [0.15, 0.2) is 47.6 Å². The summed E-state index contributed by atoms with van der Waals surface area (Å²) in [6, 6.07) is 13.5. The molecule has 5 nitrogen and oxygen atoms in total. The molecule has 116 valence electrons.